The molecule has 0 saturated carbocycles. The molecule has 5 nitrogen and oxygen atoms in total. The summed E-state index contributed by atoms with van der Waals surface area (Å²) in [7, 11) is 0. The van der Waals surface area contributed by atoms with Crippen molar-refractivity contribution < 1.29 is 28.4 Å². The standard InChI is InChI=1S/C13H23FO5/c1-12(2,15)18-9-5-10-11(16-6-8(9)14)7-17-13(3,4)19-10/h8-11,15H,5-7H2,1-4H3/t8-,9?,10+,11?/m1/s1. The molecule has 2 heterocycles. The van der Waals surface area contributed by atoms with E-state index >= 15 is 0 Å². The van der Waals surface area contributed by atoms with Gasteiger partial charge in [0.15, 0.2) is 11.6 Å². The molecule has 0 spiro atoms. The second kappa shape index (κ2) is 5.26. The Morgan fingerprint density at radius 2 is 1.95 bits per heavy atom. The Morgan fingerprint density at radius 1 is 1.26 bits per heavy atom. The van der Waals surface area contributed by atoms with E-state index in [-0.39, 0.29) is 18.8 Å². The molecule has 0 radical (unpaired) electrons. The van der Waals surface area contributed by atoms with Crippen molar-refractivity contribution in [3.05, 3.63) is 0 Å². The third-order valence-electron chi connectivity index (χ3n) is 3.22. The van der Waals surface area contributed by atoms with Crippen LogP contribution in [-0.2, 0) is 18.9 Å². The minimum Gasteiger partial charge on any atom is -0.370 e. The van der Waals surface area contributed by atoms with Gasteiger partial charge in [-0.3, -0.25) is 0 Å². The van der Waals surface area contributed by atoms with Gasteiger partial charge in [-0.15, -0.1) is 0 Å². The Balaban J connectivity index is 2.06. The molecule has 0 aromatic heterocycles. The summed E-state index contributed by atoms with van der Waals surface area (Å²) in [6, 6.07) is 0. The molecule has 112 valence electrons. The summed E-state index contributed by atoms with van der Waals surface area (Å²) < 4.78 is 36.1. The number of rotatable bonds is 2. The molecule has 0 aromatic rings. The average Bonchev–Trinajstić information content (AvgIpc) is 2.36. The van der Waals surface area contributed by atoms with Crippen molar-refractivity contribution in [3.8, 4) is 0 Å². The summed E-state index contributed by atoms with van der Waals surface area (Å²) >= 11 is 0. The van der Waals surface area contributed by atoms with Gasteiger partial charge < -0.3 is 24.1 Å². The molecule has 2 unspecified atom stereocenters. The van der Waals surface area contributed by atoms with Gasteiger partial charge in [-0.25, -0.2) is 4.39 Å². The average molecular weight is 278 g/mol. The molecule has 0 bridgehead atoms. The maximum absolute atomic E-state index is 14.0. The van der Waals surface area contributed by atoms with Crippen LogP contribution in [0.2, 0.25) is 0 Å². The van der Waals surface area contributed by atoms with Crippen LogP contribution in [0.5, 0.6) is 0 Å². The van der Waals surface area contributed by atoms with E-state index in [0.29, 0.717) is 13.0 Å². The first kappa shape index (κ1) is 15.1. The van der Waals surface area contributed by atoms with Gasteiger partial charge >= 0.3 is 0 Å². The molecule has 1 N–H and O–H groups in total. The summed E-state index contributed by atoms with van der Waals surface area (Å²) in [6.45, 7) is 6.89. The molecule has 2 fully saturated rings. The molecule has 2 aliphatic heterocycles. The number of aliphatic hydroxyl groups is 1. The Morgan fingerprint density at radius 3 is 2.58 bits per heavy atom. The Hall–Kier alpha value is -0.270. The van der Waals surface area contributed by atoms with E-state index in [0.717, 1.165) is 0 Å². The molecule has 6 heteroatoms. The highest BCUT2D eigenvalue weighted by molar-refractivity contribution is 4.87. The SMILES string of the molecule is CC(C)(O)OC1C[C@@H]2OC(C)(C)OCC2OC[C@H]1F. The second-order valence-corrected chi connectivity index (χ2v) is 6.09. The molecular formula is C13H23FO5. The summed E-state index contributed by atoms with van der Waals surface area (Å²) in [6.07, 6.45) is -2.28. The third-order valence-corrected chi connectivity index (χ3v) is 3.22. The van der Waals surface area contributed by atoms with Crippen LogP contribution in [0.25, 0.3) is 0 Å². The lowest BCUT2D eigenvalue weighted by Gasteiger charge is -2.40. The van der Waals surface area contributed by atoms with Crippen molar-refractivity contribution in [2.45, 2.75) is 70.2 Å². The Bertz CT molecular complexity index is 313. The number of halogens is 1. The molecule has 4 atom stereocenters. The largest absolute Gasteiger partial charge is 0.370 e. The quantitative estimate of drug-likeness (QED) is 0.773. The normalized spacial score (nSPS) is 39.5. The molecule has 19 heavy (non-hydrogen) atoms. The van der Waals surface area contributed by atoms with Crippen LogP contribution in [0.4, 0.5) is 4.39 Å². The highest BCUT2D eigenvalue weighted by Crippen LogP contribution is 2.32. The first-order valence-electron chi connectivity index (χ1n) is 6.64. The van der Waals surface area contributed by atoms with E-state index in [9.17, 15) is 9.50 Å². The number of ether oxygens (including phenoxy) is 4. The topological polar surface area (TPSA) is 57.2 Å². The van der Waals surface area contributed by atoms with E-state index in [1.807, 2.05) is 13.8 Å². The van der Waals surface area contributed by atoms with Crippen LogP contribution in [0.15, 0.2) is 0 Å². The van der Waals surface area contributed by atoms with Gasteiger partial charge in [-0.2, -0.15) is 0 Å². The van der Waals surface area contributed by atoms with E-state index in [1.165, 1.54) is 13.8 Å². The van der Waals surface area contributed by atoms with Crippen molar-refractivity contribution in [3.63, 3.8) is 0 Å². The first-order valence-corrected chi connectivity index (χ1v) is 6.64. The minimum absolute atomic E-state index is 0.0743. The monoisotopic (exact) mass is 278 g/mol. The van der Waals surface area contributed by atoms with Crippen molar-refractivity contribution in [2.24, 2.45) is 0 Å². The summed E-state index contributed by atoms with van der Waals surface area (Å²) in [5.74, 6) is -2.09. The Kier molecular flexibility index (Phi) is 4.18. The second-order valence-electron chi connectivity index (χ2n) is 6.09. The first-order chi connectivity index (χ1) is 8.66. The number of fused-ring (bicyclic) bond motifs is 1. The van der Waals surface area contributed by atoms with Gasteiger partial charge in [0.2, 0.25) is 0 Å². The van der Waals surface area contributed by atoms with Crippen LogP contribution in [0, 0.1) is 0 Å². The number of hydrogen-bond donors (Lipinski definition) is 1. The molecule has 2 saturated heterocycles. The summed E-state index contributed by atoms with van der Waals surface area (Å²) in [5.41, 5.74) is 0. The van der Waals surface area contributed by atoms with Crippen LogP contribution in [0.3, 0.4) is 0 Å². The van der Waals surface area contributed by atoms with Crippen LogP contribution in [-0.4, -0.2) is 54.4 Å². The van der Waals surface area contributed by atoms with Crippen LogP contribution < -0.4 is 0 Å². The van der Waals surface area contributed by atoms with Crippen LogP contribution >= 0.6 is 0 Å². The lowest BCUT2D eigenvalue weighted by Crippen LogP contribution is -2.50. The molecule has 2 aliphatic rings. The van der Waals surface area contributed by atoms with Crippen molar-refractivity contribution >= 4 is 0 Å². The third kappa shape index (κ3) is 4.10. The van der Waals surface area contributed by atoms with Crippen molar-refractivity contribution in [1.82, 2.24) is 0 Å². The highest BCUT2D eigenvalue weighted by Gasteiger charge is 2.43. The van der Waals surface area contributed by atoms with Gasteiger partial charge in [0, 0.05) is 6.42 Å². The van der Waals surface area contributed by atoms with E-state index in [1.54, 1.807) is 0 Å². The van der Waals surface area contributed by atoms with Gasteiger partial charge in [0.25, 0.3) is 0 Å². The van der Waals surface area contributed by atoms with E-state index < -0.39 is 23.8 Å². The van der Waals surface area contributed by atoms with Crippen LogP contribution in [0.1, 0.15) is 34.1 Å². The fraction of sp³-hybridized carbons (Fsp3) is 1.00. The predicted molar refractivity (Wildman–Crippen MR) is 65.3 cm³/mol. The zero-order chi connectivity index (χ0) is 14.3. The maximum atomic E-state index is 14.0. The minimum atomic E-state index is -1.38. The van der Waals surface area contributed by atoms with E-state index in [2.05, 4.69) is 0 Å². The molecular weight excluding hydrogens is 255 g/mol. The zero-order valence-electron chi connectivity index (χ0n) is 11.9. The van der Waals surface area contributed by atoms with Crippen molar-refractivity contribution in [1.29, 1.82) is 0 Å². The summed E-state index contributed by atoms with van der Waals surface area (Å²) in [4.78, 5) is 0. The highest BCUT2D eigenvalue weighted by atomic mass is 19.1. The summed E-state index contributed by atoms with van der Waals surface area (Å²) in [5, 5.41) is 9.68. The Labute approximate surface area is 113 Å². The molecule has 0 amide bonds. The predicted octanol–water partition coefficient (Wildman–Crippen LogP) is 1.38. The van der Waals surface area contributed by atoms with Gasteiger partial charge in [-0.05, 0) is 27.7 Å². The maximum Gasteiger partial charge on any atom is 0.163 e. The smallest absolute Gasteiger partial charge is 0.163 e. The lowest BCUT2D eigenvalue weighted by atomic mass is 10.0. The van der Waals surface area contributed by atoms with Gasteiger partial charge in [0.05, 0.1) is 25.4 Å². The van der Waals surface area contributed by atoms with E-state index in [4.69, 9.17) is 18.9 Å². The number of alkyl halides is 1. The van der Waals surface area contributed by atoms with Gasteiger partial charge in [0.1, 0.15) is 12.3 Å². The molecule has 2 rings (SSSR count). The number of hydrogen-bond acceptors (Lipinski definition) is 5. The van der Waals surface area contributed by atoms with Gasteiger partial charge in [-0.1, -0.05) is 0 Å². The molecule has 0 aliphatic carbocycles. The molecule has 0 aromatic carbocycles. The fourth-order valence-corrected chi connectivity index (χ4v) is 2.41. The van der Waals surface area contributed by atoms with Crippen molar-refractivity contribution in [2.75, 3.05) is 13.2 Å². The lowest BCUT2D eigenvalue weighted by molar-refractivity contribution is -0.311. The fourth-order valence-electron chi connectivity index (χ4n) is 2.41. The zero-order valence-corrected chi connectivity index (χ0v) is 11.9.